The molecular formula is C21H22N2O4. The van der Waals surface area contributed by atoms with E-state index in [0.717, 1.165) is 23.4 Å². The van der Waals surface area contributed by atoms with Crippen LogP contribution in [0.1, 0.15) is 18.9 Å². The van der Waals surface area contributed by atoms with Gasteiger partial charge < -0.3 is 19.7 Å². The fraction of sp³-hybridized carbons (Fsp3) is 0.333. The van der Waals surface area contributed by atoms with E-state index in [9.17, 15) is 9.59 Å². The minimum absolute atomic E-state index is 0.0596. The second-order valence-electron chi connectivity index (χ2n) is 6.73. The second kappa shape index (κ2) is 7.31. The van der Waals surface area contributed by atoms with E-state index in [1.165, 1.54) is 0 Å². The van der Waals surface area contributed by atoms with Gasteiger partial charge in [0.15, 0.2) is 11.5 Å². The van der Waals surface area contributed by atoms with E-state index >= 15 is 0 Å². The number of carbonyl (C=O) groups excluding carboxylic acids is 2. The van der Waals surface area contributed by atoms with Crippen LogP contribution in [0.4, 0.5) is 11.4 Å². The average molecular weight is 366 g/mol. The molecule has 2 aromatic rings. The maximum atomic E-state index is 12.7. The fourth-order valence-corrected chi connectivity index (χ4v) is 3.52. The molecule has 140 valence electrons. The SMILES string of the molecule is CCc1ccccc1NC(=O)[C@H]1CC(=O)N(c2ccc3c(c2)OCCO3)C1. The molecule has 1 saturated heterocycles. The van der Waals surface area contributed by atoms with Crippen molar-refractivity contribution in [2.24, 2.45) is 5.92 Å². The Kier molecular flexibility index (Phi) is 4.71. The van der Waals surface area contributed by atoms with Crippen molar-refractivity contribution in [2.75, 3.05) is 30.0 Å². The highest BCUT2D eigenvalue weighted by Crippen LogP contribution is 2.36. The van der Waals surface area contributed by atoms with Gasteiger partial charge in [-0.2, -0.15) is 0 Å². The maximum absolute atomic E-state index is 12.7. The summed E-state index contributed by atoms with van der Waals surface area (Å²) in [6.07, 6.45) is 1.04. The summed E-state index contributed by atoms with van der Waals surface area (Å²) in [7, 11) is 0. The minimum Gasteiger partial charge on any atom is -0.486 e. The first-order valence-electron chi connectivity index (χ1n) is 9.24. The highest BCUT2D eigenvalue weighted by molar-refractivity contribution is 6.03. The topological polar surface area (TPSA) is 67.9 Å². The highest BCUT2D eigenvalue weighted by Gasteiger charge is 2.35. The molecule has 2 aliphatic rings. The third-order valence-corrected chi connectivity index (χ3v) is 4.99. The van der Waals surface area contributed by atoms with Crippen LogP contribution in [0.5, 0.6) is 11.5 Å². The molecule has 27 heavy (non-hydrogen) atoms. The summed E-state index contributed by atoms with van der Waals surface area (Å²) in [5, 5.41) is 2.98. The normalized spacial score (nSPS) is 18.5. The molecule has 1 N–H and O–H groups in total. The first-order valence-corrected chi connectivity index (χ1v) is 9.24. The summed E-state index contributed by atoms with van der Waals surface area (Å²) in [5.41, 5.74) is 2.63. The Bertz CT molecular complexity index is 880. The number of ether oxygens (including phenoxy) is 2. The number of rotatable bonds is 4. The van der Waals surface area contributed by atoms with Crippen LogP contribution in [0.2, 0.25) is 0 Å². The molecule has 2 amide bonds. The summed E-state index contributed by atoms with van der Waals surface area (Å²) in [6.45, 7) is 3.43. The Balaban J connectivity index is 1.48. The Morgan fingerprint density at radius 1 is 1.15 bits per heavy atom. The van der Waals surface area contributed by atoms with E-state index in [4.69, 9.17) is 9.47 Å². The van der Waals surface area contributed by atoms with E-state index in [1.54, 1.807) is 11.0 Å². The molecule has 0 aromatic heterocycles. The predicted octanol–water partition coefficient (Wildman–Crippen LogP) is 3.01. The van der Waals surface area contributed by atoms with Gasteiger partial charge in [-0.1, -0.05) is 25.1 Å². The lowest BCUT2D eigenvalue weighted by atomic mass is 10.1. The first kappa shape index (κ1) is 17.4. The third-order valence-electron chi connectivity index (χ3n) is 4.99. The van der Waals surface area contributed by atoms with Gasteiger partial charge in [0.05, 0.1) is 5.92 Å². The molecule has 0 bridgehead atoms. The van der Waals surface area contributed by atoms with Crippen molar-refractivity contribution in [1.82, 2.24) is 0 Å². The molecule has 0 saturated carbocycles. The lowest BCUT2D eigenvalue weighted by molar-refractivity contribution is -0.122. The molecular weight excluding hydrogens is 344 g/mol. The van der Waals surface area contributed by atoms with Gasteiger partial charge in [0.25, 0.3) is 0 Å². The van der Waals surface area contributed by atoms with Crippen LogP contribution in [-0.4, -0.2) is 31.6 Å². The molecule has 2 aliphatic heterocycles. The van der Waals surface area contributed by atoms with Crippen LogP contribution in [0.25, 0.3) is 0 Å². The van der Waals surface area contributed by atoms with Crippen molar-refractivity contribution in [1.29, 1.82) is 0 Å². The average Bonchev–Trinajstić information content (AvgIpc) is 3.10. The standard InChI is InChI=1S/C21H22N2O4/c1-2-14-5-3-4-6-17(14)22-21(25)15-11-20(24)23(13-15)16-7-8-18-19(12-16)27-10-9-26-18/h3-8,12,15H,2,9-11,13H2,1H3,(H,22,25)/t15-/m0/s1. The number of nitrogens with one attached hydrogen (secondary N) is 1. The molecule has 1 atom stereocenters. The van der Waals surface area contributed by atoms with Crippen molar-refractivity contribution in [3.05, 3.63) is 48.0 Å². The third kappa shape index (κ3) is 3.47. The summed E-state index contributed by atoms with van der Waals surface area (Å²) >= 11 is 0. The second-order valence-corrected chi connectivity index (χ2v) is 6.73. The number of fused-ring (bicyclic) bond motifs is 1. The van der Waals surface area contributed by atoms with E-state index in [1.807, 2.05) is 43.3 Å². The predicted molar refractivity (Wildman–Crippen MR) is 102 cm³/mol. The zero-order chi connectivity index (χ0) is 18.8. The molecule has 0 spiro atoms. The number of amides is 2. The van der Waals surface area contributed by atoms with Crippen molar-refractivity contribution in [2.45, 2.75) is 19.8 Å². The van der Waals surface area contributed by atoms with E-state index < -0.39 is 0 Å². The highest BCUT2D eigenvalue weighted by atomic mass is 16.6. The van der Waals surface area contributed by atoms with Crippen LogP contribution in [0.15, 0.2) is 42.5 Å². The number of carbonyl (C=O) groups is 2. The summed E-state index contributed by atoms with van der Waals surface area (Å²) < 4.78 is 11.1. The van der Waals surface area contributed by atoms with Crippen LogP contribution in [0.3, 0.4) is 0 Å². The summed E-state index contributed by atoms with van der Waals surface area (Å²) in [4.78, 5) is 26.9. The van der Waals surface area contributed by atoms with Crippen LogP contribution >= 0.6 is 0 Å². The van der Waals surface area contributed by atoms with Gasteiger partial charge in [-0.15, -0.1) is 0 Å². The lowest BCUT2D eigenvalue weighted by Gasteiger charge is -2.22. The van der Waals surface area contributed by atoms with Gasteiger partial charge in [-0.3, -0.25) is 9.59 Å². The zero-order valence-corrected chi connectivity index (χ0v) is 15.2. The smallest absolute Gasteiger partial charge is 0.229 e. The monoisotopic (exact) mass is 366 g/mol. The van der Waals surface area contributed by atoms with Crippen molar-refractivity contribution < 1.29 is 19.1 Å². The van der Waals surface area contributed by atoms with Crippen LogP contribution in [0, 0.1) is 5.92 Å². The number of anilines is 2. The number of nitrogens with zero attached hydrogens (tertiary/aromatic N) is 1. The van der Waals surface area contributed by atoms with Gasteiger partial charge in [0.1, 0.15) is 13.2 Å². The molecule has 2 heterocycles. The molecule has 2 aromatic carbocycles. The van der Waals surface area contributed by atoms with Gasteiger partial charge in [-0.25, -0.2) is 0 Å². The molecule has 4 rings (SSSR count). The lowest BCUT2D eigenvalue weighted by Crippen LogP contribution is -2.28. The van der Waals surface area contributed by atoms with E-state index in [2.05, 4.69) is 5.32 Å². The number of benzene rings is 2. The van der Waals surface area contributed by atoms with Gasteiger partial charge in [0.2, 0.25) is 11.8 Å². The zero-order valence-electron chi connectivity index (χ0n) is 15.2. The largest absolute Gasteiger partial charge is 0.486 e. The Labute approximate surface area is 158 Å². The number of hydrogen-bond donors (Lipinski definition) is 1. The van der Waals surface area contributed by atoms with E-state index in [-0.39, 0.29) is 24.2 Å². The van der Waals surface area contributed by atoms with Gasteiger partial charge in [0, 0.05) is 30.4 Å². The molecule has 0 radical (unpaired) electrons. The molecule has 1 fully saturated rings. The Morgan fingerprint density at radius 3 is 2.74 bits per heavy atom. The Hall–Kier alpha value is -3.02. The molecule has 6 nitrogen and oxygen atoms in total. The maximum Gasteiger partial charge on any atom is 0.229 e. The van der Waals surface area contributed by atoms with Gasteiger partial charge in [-0.05, 0) is 30.2 Å². The van der Waals surface area contributed by atoms with Crippen LogP contribution < -0.4 is 19.7 Å². The quantitative estimate of drug-likeness (QED) is 0.903. The molecule has 0 unspecified atom stereocenters. The van der Waals surface area contributed by atoms with E-state index in [0.29, 0.717) is 31.3 Å². The van der Waals surface area contributed by atoms with Gasteiger partial charge >= 0.3 is 0 Å². The van der Waals surface area contributed by atoms with Crippen molar-refractivity contribution >= 4 is 23.2 Å². The summed E-state index contributed by atoms with van der Waals surface area (Å²) in [5.74, 6) is 0.758. The van der Waals surface area contributed by atoms with Crippen LogP contribution in [-0.2, 0) is 16.0 Å². The number of para-hydroxylation sites is 1. The molecule has 6 heteroatoms. The summed E-state index contributed by atoms with van der Waals surface area (Å²) in [6, 6.07) is 13.2. The number of hydrogen-bond acceptors (Lipinski definition) is 4. The Morgan fingerprint density at radius 2 is 1.93 bits per heavy atom. The fourth-order valence-electron chi connectivity index (χ4n) is 3.52. The first-order chi connectivity index (χ1) is 13.2. The van der Waals surface area contributed by atoms with Crippen molar-refractivity contribution in [3.8, 4) is 11.5 Å². The number of aryl methyl sites for hydroxylation is 1. The minimum atomic E-state index is -0.379. The molecule has 0 aliphatic carbocycles. The van der Waals surface area contributed by atoms with Crippen molar-refractivity contribution in [3.63, 3.8) is 0 Å².